The van der Waals surface area contributed by atoms with Crippen molar-refractivity contribution >= 4 is 22.4 Å². The fourth-order valence-corrected chi connectivity index (χ4v) is 4.73. The van der Waals surface area contributed by atoms with E-state index in [-0.39, 0.29) is 11.7 Å². The highest BCUT2D eigenvalue weighted by Crippen LogP contribution is 2.44. The van der Waals surface area contributed by atoms with Crippen molar-refractivity contribution in [3.05, 3.63) is 17.0 Å². The Bertz CT molecular complexity index is 521. The van der Waals surface area contributed by atoms with Crippen LogP contribution < -0.4 is 4.90 Å². The number of thiophene rings is 1. The van der Waals surface area contributed by atoms with Crippen molar-refractivity contribution in [1.82, 2.24) is 4.90 Å². The van der Waals surface area contributed by atoms with Crippen LogP contribution >= 0.6 is 11.3 Å². The van der Waals surface area contributed by atoms with E-state index >= 15 is 0 Å². The molecular formula is C14H18N2O2S. The highest BCUT2D eigenvalue weighted by atomic mass is 32.1. The van der Waals surface area contributed by atoms with E-state index in [0.717, 1.165) is 18.1 Å². The van der Waals surface area contributed by atoms with Gasteiger partial charge in [-0.1, -0.05) is 0 Å². The predicted molar refractivity (Wildman–Crippen MR) is 74.8 cm³/mol. The Kier molecular flexibility index (Phi) is 2.45. The predicted octanol–water partition coefficient (Wildman–Crippen LogP) is 2.48. The summed E-state index contributed by atoms with van der Waals surface area (Å²) in [7, 11) is 0. The maximum atomic E-state index is 12.3. The fourth-order valence-electron chi connectivity index (χ4n) is 3.81. The molecule has 4 aliphatic heterocycles. The number of ether oxygens (including phenoxy) is 1. The molecule has 0 radical (unpaired) electrons. The molecule has 1 spiro atoms. The van der Waals surface area contributed by atoms with E-state index in [4.69, 9.17) is 4.74 Å². The number of carbonyl (C=O) groups excluding carboxylic acids is 1. The quantitative estimate of drug-likeness (QED) is 0.791. The number of amides is 1. The van der Waals surface area contributed by atoms with E-state index in [9.17, 15) is 4.79 Å². The lowest BCUT2D eigenvalue weighted by molar-refractivity contribution is -0.0881. The molecule has 0 N–H and O–H groups in total. The molecular weight excluding hydrogens is 260 g/mol. The number of hydrogen-bond acceptors (Lipinski definition) is 4. The topological polar surface area (TPSA) is 32.8 Å². The third-order valence-corrected chi connectivity index (χ3v) is 5.88. The van der Waals surface area contributed by atoms with Gasteiger partial charge in [0.05, 0.1) is 6.54 Å². The zero-order valence-corrected chi connectivity index (χ0v) is 11.9. The number of aryl methyl sites for hydroxylation is 1. The van der Waals surface area contributed by atoms with Gasteiger partial charge in [-0.05, 0) is 49.9 Å². The number of rotatable bonds is 1. The highest BCUT2D eigenvalue weighted by molar-refractivity contribution is 7.14. The molecule has 5 heteroatoms. The molecule has 2 bridgehead atoms. The molecule has 0 saturated carbocycles. The van der Waals surface area contributed by atoms with Crippen LogP contribution in [-0.2, 0) is 4.74 Å². The van der Waals surface area contributed by atoms with Gasteiger partial charge in [0, 0.05) is 12.5 Å². The Morgan fingerprint density at radius 3 is 2.74 bits per heavy atom. The summed E-state index contributed by atoms with van der Waals surface area (Å²) in [6.45, 7) is 6.04. The highest BCUT2D eigenvalue weighted by Gasteiger charge is 2.55. The first-order valence-corrected chi connectivity index (χ1v) is 7.83. The molecule has 4 aliphatic rings. The van der Waals surface area contributed by atoms with Crippen LogP contribution in [0.15, 0.2) is 11.4 Å². The van der Waals surface area contributed by atoms with Crippen molar-refractivity contribution in [3.8, 4) is 0 Å². The first-order chi connectivity index (χ1) is 9.18. The average Bonchev–Trinajstić information content (AvgIpc) is 2.95. The average molecular weight is 278 g/mol. The van der Waals surface area contributed by atoms with Crippen LogP contribution in [0.5, 0.6) is 0 Å². The molecule has 19 heavy (non-hydrogen) atoms. The molecule has 4 nitrogen and oxygen atoms in total. The summed E-state index contributed by atoms with van der Waals surface area (Å²) in [6, 6.07) is 2.06. The maximum absolute atomic E-state index is 12.3. The van der Waals surface area contributed by atoms with Crippen molar-refractivity contribution in [2.45, 2.75) is 25.4 Å². The second-order valence-electron chi connectivity index (χ2n) is 5.98. The van der Waals surface area contributed by atoms with Crippen LogP contribution in [-0.4, -0.2) is 42.8 Å². The largest absolute Gasteiger partial charge is 0.439 e. The van der Waals surface area contributed by atoms with E-state index in [0.29, 0.717) is 5.92 Å². The van der Waals surface area contributed by atoms with Gasteiger partial charge in [0.2, 0.25) is 0 Å². The Morgan fingerprint density at radius 1 is 1.37 bits per heavy atom. The number of nitrogens with zero attached hydrogens (tertiary/aromatic N) is 2. The number of hydrogen-bond donors (Lipinski definition) is 0. The van der Waals surface area contributed by atoms with Crippen LogP contribution in [0.3, 0.4) is 0 Å². The van der Waals surface area contributed by atoms with Crippen molar-refractivity contribution in [2.75, 3.05) is 31.1 Å². The van der Waals surface area contributed by atoms with Gasteiger partial charge in [0.1, 0.15) is 10.6 Å². The summed E-state index contributed by atoms with van der Waals surface area (Å²) in [6.07, 6.45) is 2.19. The lowest BCUT2D eigenvalue weighted by Crippen LogP contribution is -2.61. The summed E-state index contributed by atoms with van der Waals surface area (Å²) in [4.78, 5) is 16.6. The Labute approximate surface area is 116 Å². The molecule has 4 saturated heterocycles. The van der Waals surface area contributed by atoms with Gasteiger partial charge in [-0.25, -0.2) is 4.79 Å². The minimum absolute atomic E-state index is 0.153. The molecule has 0 unspecified atom stereocenters. The Morgan fingerprint density at radius 2 is 2.16 bits per heavy atom. The van der Waals surface area contributed by atoms with Gasteiger partial charge in [0.15, 0.2) is 0 Å². The normalized spacial score (nSPS) is 37.1. The first kappa shape index (κ1) is 11.7. The maximum Gasteiger partial charge on any atom is 0.415 e. The molecule has 102 valence electrons. The summed E-state index contributed by atoms with van der Waals surface area (Å²) in [5.41, 5.74) is 0.921. The zero-order valence-electron chi connectivity index (χ0n) is 11.1. The summed E-state index contributed by atoms with van der Waals surface area (Å²) in [5, 5.41) is 3.10. The first-order valence-electron chi connectivity index (χ1n) is 6.95. The molecule has 5 rings (SSSR count). The van der Waals surface area contributed by atoms with Crippen LogP contribution in [0.1, 0.15) is 18.4 Å². The SMILES string of the molecule is Cc1ccsc1N1C[C@@]2(CN3CCC2CC3)OC1=O. The van der Waals surface area contributed by atoms with Crippen LogP contribution in [0.4, 0.5) is 9.80 Å². The molecule has 1 amide bonds. The monoisotopic (exact) mass is 278 g/mol. The van der Waals surface area contributed by atoms with E-state index in [1.165, 1.54) is 31.5 Å². The minimum Gasteiger partial charge on any atom is -0.439 e. The van der Waals surface area contributed by atoms with Crippen LogP contribution in [0.25, 0.3) is 0 Å². The molecule has 1 atom stereocenters. The molecule has 5 heterocycles. The van der Waals surface area contributed by atoms with E-state index in [1.54, 1.807) is 11.3 Å². The van der Waals surface area contributed by atoms with Crippen LogP contribution in [0.2, 0.25) is 0 Å². The molecule has 4 fully saturated rings. The smallest absolute Gasteiger partial charge is 0.415 e. The van der Waals surface area contributed by atoms with E-state index in [2.05, 4.69) is 17.9 Å². The van der Waals surface area contributed by atoms with E-state index in [1.807, 2.05) is 10.3 Å². The molecule has 0 aliphatic carbocycles. The summed E-state index contributed by atoms with van der Waals surface area (Å²) in [5.74, 6) is 0.548. The van der Waals surface area contributed by atoms with Gasteiger partial charge >= 0.3 is 6.09 Å². The van der Waals surface area contributed by atoms with Gasteiger partial charge in [0.25, 0.3) is 0 Å². The van der Waals surface area contributed by atoms with Crippen LogP contribution in [0, 0.1) is 12.8 Å². The Balaban J connectivity index is 1.65. The summed E-state index contributed by atoms with van der Waals surface area (Å²) >= 11 is 1.63. The van der Waals surface area contributed by atoms with Gasteiger partial charge in [-0.2, -0.15) is 0 Å². The molecule has 1 aromatic heterocycles. The third-order valence-electron chi connectivity index (χ3n) is 4.84. The standard InChI is InChI=1S/C14H18N2O2S/c1-10-4-7-19-12(10)16-9-14(18-13(16)17)8-15-5-2-11(14)3-6-15/h4,7,11H,2-3,5-6,8-9H2,1H3/t14-/m1/s1. The third kappa shape index (κ3) is 1.64. The number of fused-ring (bicyclic) bond motifs is 2. The van der Waals surface area contributed by atoms with E-state index < -0.39 is 0 Å². The number of anilines is 1. The second-order valence-corrected chi connectivity index (χ2v) is 6.87. The van der Waals surface area contributed by atoms with Gasteiger partial charge in [-0.15, -0.1) is 11.3 Å². The lowest BCUT2D eigenvalue weighted by atomic mass is 9.75. The van der Waals surface area contributed by atoms with Gasteiger partial charge < -0.3 is 4.74 Å². The lowest BCUT2D eigenvalue weighted by Gasteiger charge is -2.49. The number of carbonyl (C=O) groups is 1. The fraction of sp³-hybridized carbons (Fsp3) is 0.643. The van der Waals surface area contributed by atoms with Crippen molar-refractivity contribution < 1.29 is 9.53 Å². The Hall–Kier alpha value is -1.07. The molecule has 1 aromatic rings. The minimum atomic E-state index is -0.246. The summed E-state index contributed by atoms with van der Waals surface area (Å²) < 4.78 is 5.87. The van der Waals surface area contributed by atoms with Crippen molar-refractivity contribution in [2.24, 2.45) is 5.92 Å². The second kappa shape index (κ2) is 3.96. The number of piperidine rings is 3. The van der Waals surface area contributed by atoms with Gasteiger partial charge in [-0.3, -0.25) is 9.80 Å². The zero-order chi connectivity index (χ0) is 13.0. The van der Waals surface area contributed by atoms with Crippen molar-refractivity contribution in [3.63, 3.8) is 0 Å². The van der Waals surface area contributed by atoms with Crippen molar-refractivity contribution in [1.29, 1.82) is 0 Å². The molecule has 0 aromatic carbocycles.